The molecule has 0 aliphatic carbocycles. The van der Waals surface area contributed by atoms with Crippen molar-refractivity contribution in [1.82, 2.24) is 20.2 Å². The molecule has 0 unspecified atom stereocenters. The second-order valence-electron chi connectivity index (χ2n) is 6.07. The van der Waals surface area contributed by atoms with Crippen LogP contribution in [-0.2, 0) is 6.42 Å². The van der Waals surface area contributed by atoms with Crippen molar-refractivity contribution in [3.8, 4) is 5.69 Å². The minimum Gasteiger partial charge on any atom is -0.322 e. The Bertz CT molecular complexity index is 1030. The maximum absolute atomic E-state index is 12.8. The molecule has 0 saturated heterocycles. The summed E-state index contributed by atoms with van der Waals surface area (Å²) >= 11 is 0. The fourth-order valence-corrected chi connectivity index (χ4v) is 2.89. The lowest BCUT2D eigenvalue weighted by Gasteiger charge is -2.11. The lowest BCUT2D eigenvalue weighted by Crippen LogP contribution is -2.14. The molecule has 3 aromatic carbocycles. The Balaban J connectivity index is 1.52. The van der Waals surface area contributed by atoms with Crippen LogP contribution in [0.15, 0.2) is 85.2 Å². The van der Waals surface area contributed by atoms with Crippen molar-refractivity contribution in [3.63, 3.8) is 0 Å². The third-order valence-electron chi connectivity index (χ3n) is 4.24. The van der Waals surface area contributed by atoms with E-state index in [4.69, 9.17) is 0 Å². The van der Waals surface area contributed by atoms with Gasteiger partial charge in [-0.15, -0.1) is 5.10 Å². The fraction of sp³-hybridized carbons (Fsp3) is 0.0476. The zero-order chi connectivity index (χ0) is 18.5. The molecule has 0 radical (unpaired) electrons. The molecule has 1 N–H and O–H groups in total. The highest BCUT2D eigenvalue weighted by molar-refractivity contribution is 6.05. The van der Waals surface area contributed by atoms with Gasteiger partial charge in [0.2, 0.25) is 0 Å². The molecule has 0 saturated carbocycles. The molecular weight excluding hydrogens is 338 g/mol. The summed E-state index contributed by atoms with van der Waals surface area (Å²) in [5.74, 6) is -0.128. The van der Waals surface area contributed by atoms with Gasteiger partial charge in [-0.05, 0) is 58.3 Å². The normalized spacial score (nSPS) is 10.5. The molecule has 6 heteroatoms. The van der Waals surface area contributed by atoms with Crippen LogP contribution in [0.5, 0.6) is 0 Å². The van der Waals surface area contributed by atoms with E-state index >= 15 is 0 Å². The van der Waals surface area contributed by atoms with Gasteiger partial charge in [-0.2, -0.15) is 0 Å². The van der Waals surface area contributed by atoms with Crippen molar-refractivity contribution >= 4 is 11.6 Å². The standard InChI is InChI=1S/C21H17N5O/c27-21(23-18-10-12-19(13-11-18)26-15-22-24-25-26)20-9-5-4-8-17(20)14-16-6-2-1-3-7-16/h1-13,15H,14H2,(H,23,27). The molecule has 27 heavy (non-hydrogen) atoms. The van der Waals surface area contributed by atoms with E-state index in [2.05, 4.69) is 33.0 Å². The van der Waals surface area contributed by atoms with Crippen molar-refractivity contribution in [2.45, 2.75) is 6.42 Å². The van der Waals surface area contributed by atoms with E-state index < -0.39 is 0 Å². The first kappa shape index (κ1) is 16.7. The number of aromatic nitrogens is 4. The van der Waals surface area contributed by atoms with E-state index in [1.807, 2.05) is 66.7 Å². The Morgan fingerprint density at radius 3 is 2.37 bits per heavy atom. The molecular formula is C21H17N5O. The molecule has 1 amide bonds. The molecule has 4 aromatic rings. The summed E-state index contributed by atoms with van der Waals surface area (Å²) in [5, 5.41) is 14.0. The van der Waals surface area contributed by atoms with Crippen LogP contribution in [0.1, 0.15) is 21.5 Å². The second-order valence-corrected chi connectivity index (χ2v) is 6.07. The van der Waals surface area contributed by atoms with Gasteiger partial charge in [0.15, 0.2) is 0 Å². The van der Waals surface area contributed by atoms with Crippen LogP contribution in [0.4, 0.5) is 5.69 Å². The van der Waals surface area contributed by atoms with Crippen LogP contribution in [0.25, 0.3) is 5.69 Å². The van der Waals surface area contributed by atoms with Crippen LogP contribution in [0, 0.1) is 0 Å². The van der Waals surface area contributed by atoms with Crippen LogP contribution in [-0.4, -0.2) is 26.1 Å². The SMILES string of the molecule is O=C(Nc1ccc(-n2cnnn2)cc1)c1ccccc1Cc1ccccc1. The van der Waals surface area contributed by atoms with E-state index in [9.17, 15) is 4.79 Å². The van der Waals surface area contributed by atoms with Gasteiger partial charge in [-0.25, -0.2) is 4.68 Å². The highest BCUT2D eigenvalue weighted by Gasteiger charge is 2.12. The van der Waals surface area contributed by atoms with Crippen LogP contribution < -0.4 is 5.32 Å². The van der Waals surface area contributed by atoms with Gasteiger partial charge in [0.1, 0.15) is 6.33 Å². The van der Waals surface area contributed by atoms with Gasteiger partial charge in [0.25, 0.3) is 5.91 Å². The number of anilines is 1. The van der Waals surface area contributed by atoms with E-state index in [0.717, 1.165) is 11.3 Å². The smallest absolute Gasteiger partial charge is 0.255 e. The van der Waals surface area contributed by atoms with Crippen molar-refractivity contribution < 1.29 is 4.79 Å². The molecule has 0 fully saturated rings. The summed E-state index contributed by atoms with van der Waals surface area (Å²) in [6.45, 7) is 0. The number of carbonyl (C=O) groups is 1. The molecule has 1 heterocycles. The first-order valence-electron chi connectivity index (χ1n) is 8.56. The average Bonchev–Trinajstić information content (AvgIpc) is 3.25. The maximum Gasteiger partial charge on any atom is 0.255 e. The van der Waals surface area contributed by atoms with E-state index in [0.29, 0.717) is 17.7 Å². The van der Waals surface area contributed by atoms with Crippen LogP contribution >= 0.6 is 0 Å². The predicted octanol–water partition coefficient (Wildman–Crippen LogP) is 3.51. The summed E-state index contributed by atoms with van der Waals surface area (Å²) in [4.78, 5) is 12.8. The maximum atomic E-state index is 12.8. The minimum atomic E-state index is -0.128. The van der Waals surface area contributed by atoms with Gasteiger partial charge in [-0.3, -0.25) is 4.79 Å². The molecule has 0 aliphatic heterocycles. The van der Waals surface area contributed by atoms with Crippen molar-refractivity contribution in [3.05, 3.63) is 102 Å². The van der Waals surface area contributed by atoms with E-state index in [1.165, 1.54) is 11.9 Å². The zero-order valence-corrected chi connectivity index (χ0v) is 14.5. The number of tetrazole rings is 1. The van der Waals surface area contributed by atoms with Crippen LogP contribution in [0.3, 0.4) is 0 Å². The van der Waals surface area contributed by atoms with Gasteiger partial charge >= 0.3 is 0 Å². The molecule has 0 aliphatic rings. The number of benzene rings is 3. The summed E-state index contributed by atoms with van der Waals surface area (Å²) < 4.78 is 1.56. The number of nitrogens with one attached hydrogen (secondary N) is 1. The van der Waals surface area contributed by atoms with Gasteiger partial charge < -0.3 is 5.32 Å². The van der Waals surface area contributed by atoms with E-state index in [-0.39, 0.29) is 5.91 Å². The fourth-order valence-electron chi connectivity index (χ4n) is 2.89. The van der Waals surface area contributed by atoms with Gasteiger partial charge in [0.05, 0.1) is 5.69 Å². The molecule has 1 aromatic heterocycles. The number of nitrogens with zero attached hydrogens (tertiary/aromatic N) is 4. The first-order chi connectivity index (χ1) is 13.3. The summed E-state index contributed by atoms with van der Waals surface area (Å²) in [7, 11) is 0. The molecule has 4 rings (SSSR count). The average molecular weight is 355 g/mol. The molecule has 132 valence electrons. The monoisotopic (exact) mass is 355 g/mol. The highest BCUT2D eigenvalue weighted by atomic mass is 16.1. The van der Waals surface area contributed by atoms with Crippen LogP contribution in [0.2, 0.25) is 0 Å². The summed E-state index contributed by atoms with van der Waals surface area (Å²) in [5.41, 5.74) is 4.37. The third-order valence-corrected chi connectivity index (χ3v) is 4.24. The summed E-state index contributed by atoms with van der Waals surface area (Å²) in [6, 6.07) is 25.1. The number of rotatable bonds is 5. The number of hydrogen-bond donors (Lipinski definition) is 1. The number of amides is 1. The Morgan fingerprint density at radius 1 is 0.889 bits per heavy atom. The first-order valence-corrected chi connectivity index (χ1v) is 8.56. The highest BCUT2D eigenvalue weighted by Crippen LogP contribution is 2.18. The zero-order valence-electron chi connectivity index (χ0n) is 14.5. The topological polar surface area (TPSA) is 72.7 Å². The lowest BCUT2D eigenvalue weighted by molar-refractivity contribution is 0.102. The molecule has 6 nitrogen and oxygen atoms in total. The molecule has 0 bridgehead atoms. The number of hydrogen-bond acceptors (Lipinski definition) is 4. The van der Waals surface area contributed by atoms with Crippen molar-refractivity contribution in [2.75, 3.05) is 5.32 Å². The predicted molar refractivity (Wildman–Crippen MR) is 103 cm³/mol. The molecule has 0 atom stereocenters. The Kier molecular flexibility index (Phi) is 4.70. The summed E-state index contributed by atoms with van der Waals surface area (Å²) in [6.07, 6.45) is 2.23. The van der Waals surface area contributed by atoms with Gasteiger partial charge in [0, 0.05) is 11.3 Å². The lowest BCUT2D eigenvalue weighted by atomic mass is 9.99. The van der Waals surface area contributed by atoms with Crippen molar-refractivity contribution in [1.29, 1.82) is 0 Å². The minimum absolute atomic E-state index is 0.128. The third kappa shape index (κ3) is 3.90. The largest absolute Gasteiger partial charge is 0.322 e. The second kappa shape index (κ2) is 7.61. The number of carbonyl (C=O) groups excluding carboxylic acids is 1. The Morgan fingerprint density at radius 2 is 1.63 bits per heavy atom. The van der Waals surface area contributed by atoms with Crippen molar-refractivity contribution in [2.24, 2.45) is 0 Å². The Hall–Kier alpha value is -3.80. The Labute approximate surface area is 156 Å². The molecule has 0 spiro atoms. The van der Waals surface area contributed by atoms with E-state index in [1.54, 1.807) is 4.68 Å². The van der Waals surface area contributed by atoms with Gasteiger partial charge in [-0.1, -0.05) is 48.5 Å². The quantitative estimate of drug-likeness (QED) is 0.595.